The summed E-state index contributed by atoms with van der Waals surface area (Å²) in [5.74, 6) is 0.0200. The van der Waals surface area contributed by atoms with Crippen molar-refractivity contribution in [3.8, 4) is 11.5 Å². The number of anilines is 2. The first-order chi connectivity index (χ1) is 15.3. The van der Waals surface area contributed by atoms with Gasteiger partial charge in [0, 0.05) is 23.9 Å². The molecule has 4 aromatic rings. The number of sulfonamides is 1. The van der Waals surface area contributed by atoms with Gasteiger partial charge in [-0.1, -0.05) is 23.8 Å². The summed E-state index contributed by atoms with van der Waals surface area (Å²) in [4.78, 5) is 12.9. The molecular weight excluding hydrogens is 428 g/mol. The van der Waals surface area contributed by atoms with Crippen molar-refractivity contribution in [2.45, 2.75) is 11.8 Å². The van der Waals surface area contributed by atoms with Crippen LogP contribution in [0.3, 0.4) is 0 Å². The Morgan fingerprint density at radius 1 is 1.00 bits per heavy atom. The first-order valence-electron chi connectivity index (χ1n) is 9.68. The molecule has 0 aliphatic carbocycles. The predicted molar refractivity (Wildman–Crippen MR) is 121 cm³/mol. The number of hydrogen-bond acceptors (Lipinski definition) is 6. The molecule has 0 spiro atoms. The van der Waals surface area contributed by atoms with Crippen LogP contribution in [0.4, 0.5) is 11.4 Å². The van der Waals surface area contributed by atoms with E-state index in [9.17, 15) is 13.2 Å². The van der Waals surface area contributed by atoms with E-state index in [4.69, 9.17) is 4.42 Å². The Morgan fingerprint density at radius 2 is 1.72 bits per heavy atom. The number of benzene rings is 3. The van der Waals surface area contributed by atoms with Crippen LogP contribution in [-0.2, 0) is 10.0 Å². The standard InChI is InChI=1S/C23H20N4O4S/c1-16-6-12-21(13-7-16)32(29,30)27(2)20-10-8-17(9-11-20)22(28)25-19-5-3-4-18(14-19)23-26-24-15-31-23/h3-15H,1-2H3,(H,25,28). The number of carbonyl (C=O) groups is 1. The first kappa shape index (κ1) is 21.3. The van der Waals surface area contributed by atoms with Crippen LogP contribution >= 0.6 is 0 Å². The molecule has 1 N–H and O–H groups in total. The van der Waals surface area contributed by atoms with Crippen molar-refractivity contribution in [2.24, 2.45) is 0 Å². The van der Waals surface area contributed by atoms with Crippen molar-refractivity contribution in [3.63, 3.8) is 0 Å². The van der Waals surface area contributed by atoms with E-state index in [2.05, 4.69) is 15.5 Å². The third kappa shape index (κ3) is 4.37. The molecule has 0 saturated heterocycles. The highest BCUT2D eigenvalue weighted by Gasteiger charge is 2.21. The second kappa shape index (κ2) is 8.64. The molecule has 0 unspecified atom stereocenters. The molecule has 162 valence electrons. The van der Waals surface area contributed by atoms with E-state index < -0.39 is 10.0 Å². The summed E-state index contributed by atoms with van der Waals surface area (Å²) >= 11 is 0. The molecule has 0 aliphatic heterocycles. The number of amides is 1. The lowest BCUT2D eigenvalue weighted by molar-refractivity contribution is 0.102. The molecule has 3 aromatic carbocycles. The minimum Gasteiger partial charge on any atom is -0.423 e. The molecule has 0 saturated carbocycles. The molecule has 1 amide bonds. The largest absolute Gasteiger partial charge is 0.423 e. The fourth-order valence-electron chi connectivity index (χ4n) is 3.06. The predicted octanol–water partition coefficient (Wildman–Crippen LogP) is 4.12. The summed E-state index contributed by atoms with van der Waals surface area (Å²) in [6.45, 7) is 1.89. The van der Waals surface area contributed by atoms with Gasteiger partial charge in [-0.3, -0.25) is 9.10 Å². The zero-order chi connectivity index (χ0) is 22.7. The smallest absolute Gasteiger partial charge is 0.264 e. The van der Waals surface area contributed by atoms with E-state index in [1.165, 1.54) is 17.7 Å². The Hall–Kier alpha value is -3.98. The van der Waals surface area contributed by atoms with E-state index in [0.717, 1.165) is 5.56 Å². The van der Waals surface area contributed by atoms with Gasteiger partial charge in [-0.15, -0.1) is 10.2 Å². The Labute approximate surface area is 185 Å². The van der Waals surface area contributed by atoms with Crippen LogP contribution in [0.1, 0.15) is 15.9 Å². The van der Waals surface area contributed by atoms with E-state index in [0.29, 0.717) is 28.4 Å². The van der Waals surface area contributed by atoms with Crippen LogP contribution in [0, 0.1) is 6.92 Å². The summed E-state index contributed by atoms with van der Waals surface area (Å²) in [5, 5.41) is 10.3. The molecule has 32 heavy (non-hydrogen) atoms. The average molecular weight is 449 g/mol. The fourth-order valence-corrected chi connectivity index (χ4v) is 4.26. The van der Waals surface area contributed by atoms with Crippen LogP contribution in [-0.4, -0.2) is 31.6 Å². The highest BCUT2D eigenvalue weighted by atomic mass is 32.2. The Morgan fingerprint density at radius 3 is 2.38 bits per heavy atom. The SMILES string of the molecule is Cc1ccc(S(=O)(=O)N(C)c2ccc(C(=O)Nc3cccc(-c4nnco4)c3)cc2)cc1. The number of rotatable bonds is 6. The van der Waals surface area contributed by atoms with Crippen molar-refractivity contribution in [2.75, 3.05) is 16.7 Å². The lowest BCUT2D eigenvalue weighted by Gasteiger charge is -2.20. The maximum Gasteiger partial charge on any atom is 0.264 e. The van der Waals surface area contributed by atoms with Crippen LogP contribution in [0.25, 0.3) is 11.5 Å². The molecule has 1 heterocycles. The quantitative estimate of drug-likeness (QED) is 0.476. The van der Waals surface area contributed by atoms with Gasteiger partial charge < -0.3 is 9.73 Å². The van der Waals surface area contributed by atoms with E-state index in [-0.39, 0.29) is 10.8 Å². The lowest BCUT2D eigenvalue weighted by atomic mass is 10.1. The van der Waals surface area contributed by atoms with Gasteiger partial charge in [0.1, 0.15) is 0 Å². The Balaban J connectivity index is 1.49. The molecule has 0 atom stereocenters. The molecule has 0 aliphatic rings. The van der Waals surface area contributed by atoms with Gasteiger partial charge in [-0.25, -0.2) is 8.42 Å². The van der Waals surface area contributed by atoms with Gasteiger partial charge in [-0.2, -0.15) is 0 Å². The second-order valence-corrected chi connectivity index (χ2v) is 9.08. The van der Waals surface area contributed by atoms with Crippen LogP contribution in [0.15, 0.2) is 88.5 Å². The van der Waals surface area contributed by atoms with Gasteiger partial charge in [-0.05, 0) is 61.5 Å². The van der Waals surface area contributed by atoms with Crippen molar-refractivity contribution in [1.29, 1.82) is 0 Å². The maximum absolute atomic E-state index is 12.9. The highest BCUT2D eigenvalue weighted by Crippen LogP contribution is 2.24. The molecule has 0 bridgehead atoms. The molecular formula is C23H20N4O4S. The van der Waals surface area contributed by atoms with Crippen LogP contribution < -0.4 is 9.62 Å². The van der Waals surface area contributed by atoms with E-state index in [1.807, 2.05) is 6.92 Å². The average Bonchev–Trinajstić information content (AvgIpc) is 3.34. The van der Waals surface area contributed by atoms with Gasteiger partial charge in [0.15, 0.2) is 0 Å². The number of nitrogens with zero attached hydrogens (tertiary/aromatic N) is 3. The highest BCUT2D eigenvalue weighted by molar-refractivity contribution is 7.92. The van der Waals surface area contributed by atoms with E-state index >= 15 is 0 Å². The zero-order valence-corrected chi connectivity index (χ0v) is 18.2. The number of carbonyl (C=O) groups excluding carboxylic acids is 1. The Kier molecular flexibility index (Phi) is 5.74. The topological polar surface area (TPSA) is 105 Å². The second-order valence-electron chi connectivity index (χ2n) is 7.11. The molecule has 9 heteroatoms. The minimum absolute atomic E-state index is 0.202. The normalized spacial score (nSPS) is 11.2. The maximum atomic E-state index is 12.9. The van der Waals surface area contributed by atoms with Gasteiger partial charge in [0.2, 0.25) is 12.3 Å². The Bertz CT molecular complexity index is 1330. The lowest BCUT2D eigenvalue weighted by Crippen LogP contribution is -2.26. The molecule has 0 radical (unpaired) electrons. The van der Waals surface area contributed by atoms with Crippen LogP contribution in [0.5, 0.6) is 0 Å². The fraction of sp³-hybridized carbons (Fsp3) is 0.0870. The number of aromatic nitrogens is 2. The molecule has 8 nitrogen and oxygen atoms in total. The summed E-state index contributed by atoms with van der Waals surface area (Å²) in [6, 6.07) is 20.0. The molecule has 1 aromatic heterocycles. The summed E-state index contributed by atoms with van der Waals surface area (Å²) < 4.78 is 32.1. The van der Waals surface area contributed by atoms with Crippen LogP contribution in [0.2, 0.25) is 0 Å². The van der Waals surface area contributed by atoms with Gasteiger partial charge in [0.05, 0.1) is 10.6 Å². The molecule has 0 fully saturated rings. The van der Waals surface area contributed by atoms with Gasteiger partial charge >= 0.3 is 0 Å². The van der Waals surface area contributed by atoms with Gasteiger partial charge in [0.25, 0.3) is 15.9 Å². The third-order valence-electron chi connectivity index (χ3n) is 4.90. The number of aryl methyl sites for hydroxylation is 1. The first-order valence-corrected chi connectivity index (χ1v) is 11.1. The summed E-state index contributed by atoms with van der Waals surface area (Å²) in [7, 11) is -2.22. The third-order valence-corrected chi connectivity index (χ3v) is 6.70. The number of nitrogens with one attached hydrogen (secondary N) is 1. The molecule has 4 rings (SSSR count). The van der Waals surface area contributed by atoms with E-state index in [1.54, 1.807) is 72.8 Å². The summed E-state index contributed by atoms with van der Waals surface area (Å²) in [5.41, 5.74) is 3.05. The zero-order valence-electron chi connectivity index (χ0n) is 17.4. The van der Waals surface area contributed by atoms with Crippen molar-refractivity contribution in [3.05, 3.63) is 90.3 Å². The minimum atomic E-state index is -3.70. The monoisotopic (exact) mass is 448 g/mol. The van der Waals surface area contributed by atoms with Crippen molar-refractivity contribution in [1.82, 2.24) is 10.2 Å². The summed E-state index contributed by atoms with van der Waals surface area (Å²) in [6.07, 6.45) is 1.23. The number of hydrogen-bond donors (Lipinski definition) is 1. The van der Waals surface area contributed by atoms with Crippen molar-refractivity contribution >= 4 is 27.3 Å². The van der Waals surface area contributed by atoms with Crippen molar-refractivity contribution < 1.29 is 17.6 Å².